The first-order valence-corrected chi connectivity index (χ1v) is 8.36. The fourth-order valence-electron chi connectivity index (χ4n) is 2.71. The number of alkyl halides is 3. The number of nitrogens with two attached hydrogens (primary N) is 1. The summed E-state index contributed by atoms with van der Waals surface area (Å²) in [5, 5.41) is 0. The zero-order chi connectivity index (χ0) is 15.7. The molecule has 122 valence electrons. The van der Waals surface area contributed by atoms with Gasteiger partial charge >= 0.3 is 6.18 Å². The van der Waals surface area contributed by atoms with E-state index in [0.717, 1.165) is 23.2 Å². The van der Waals surface area contributed by atoms with Crippen LogP contribution in [-0.4, -0.2) is 55.9 Å². The summed E-state index contributed by atoms with van der Waals surface area (Å²) in [7, 11) is -3.70. The van der Waals surface area contributed by atoms with Crippen molar-refractivity contribution >= 4 is 10.2 Å². The second kappa shape index (κ2) is 6.23. The second-order valence-electron chi connectivity index (χ2n) is 5.44. The molecule has 0 radical (unpaired) electrons. The number of piperidine rings is 1. The predicted molar refractivity (Wildman–Crippen MR) is 72.6 cm³/mol. The van der Waals surface area contributed by atoms with Crippen LogP contribution in [0.1, 0.15) is 19.3 Å². The summed E-state index contributed by atoms with van der Waals surface area (Å²) in [6.07, 6.45) is -2.08. The van der Waals surface area contributed by atoms with Crippen LogP contribution in [0.25, 0.3) is 0 Å². The van der Waals surface area contributed by atoms with Gasteiger partial charge in [0.25, 0.3) is 10.2 Å². The molecule has 1 fully saturated rings. The van der Waals surface area contributed by atoms with Crippen LogP contribution in [0.3, 0.4) is 0 Å². The number of halogens is 3. The molecule has 0 saturated carbocycles. The van der Waals surface area contributed by atoms with E-state index in [1.165, 1.54) is 4.31 Å². The van der Waals surface area contributed by atoms with Gasteiger partial charge in [0.15, 0.2) is 0 Å². The summed E-state index contributed by atoms with van der Waals surface area (Å²) in [4.78, 5) is 0. The number of hydrogen-bond donors (Lipinski definition) is 1. The lowest BCUT2D eigenvalue weighted by molar-refractivity contribution is -0.0954. The molecule has 2 heterocycles. The molecule has 1 atom stereocenters. The van der Waals surface area contributed by atoms with E-state index in [-0.39, 0.29) is 25.4 Å². The average Bonchev–Trinajstić information content (AvgIpc) is 2.46. The van der Waals surface area contributed by atoms with Crippen molar-refractivity contribution in [3.05, 3.63) is 11.6 Å². The highest BCUT2D eigenvalue weighted by Gasteiger charge is 2.39. The van der Waals surface area contributed by atoms with Crippen molar-refractivity contribution in [1.29, 1.82) is 0 Å². The van der Waals surface area contributed by atoms with E-state index in [2.05, 4.69) is 0 Å². The van der Waals surface area contributed by atoms with Gasteiger partial charge in [0.05, 0.1) is 0 Å². The van der Waals surface area contributed by atoms with Crippen molar-refractivity contribution in [2.75, 3.05) is 32.7 Å². The molecule has 0 aromatic heterocycles. The topological polar surface area (TPSA) is 66.6 Å². The maximum atomic E-state index is 12.6. The van der Waals surface area contributed by atoms with E-state index < -0.39 is 22.0 Å². The highest BCUT2D eigenvalue weighted by atomic mass is 32.2. The summed E-state index contributed by atoms with van der Waals surface area (Å²) >= 11 is 0. The maximum absolute atomic E-state index is 12.6. The number of hydrogen-bond acceptors (Lipinski definition) is 3. The van der Waals surface area contributed by atoms with E-state index in [1.54, 1.807) is 0 Å². The van der Waals surface area contributed by atoms with Crippen LogP contribution < -0.4 is 5.73 Å². The lowest BCUT2D eigenvalue weighted by Gasteiger charge is -2.36. The Labute approximate surface area is 122 Å². The van der Waals surface area contributed by atoms with Crippen molar-refractivity contribution in [2.45, 2.75) is 25.4 Å². The molecule has 2 aliphatic rings. The number of rotatable bonds is 3. The SMILES string of the molecule is NCC1CCCN(S(=O)(=O)N2CC=C(C(F)(F)F)CC2)C1. The first-order valence-electron chi connectivity index (χ1n) is 6.96. The Hall–Kier alpha value is -0.640. The van der Waals surface area contributed by atoms with Crippen LogP contribution in [0, 0.1) is 5.92 Å². The van der Waals surface area contributed by atoms with Gasteiger partial charge in [-0.2, -0.15) is 30.2 Å². The molecule has 0 aromatic carbocycles. The summed E-state index contributed by atoms with van der Waals surface area (Å²) in [5.74, 6) is 0.125. The van der Waals surface area contributed by atoms with Gasteiger partial charge in [-0.1, -0.05) is 6.08 Å². The van der Waals surface area contributed by atoms with E-state index >= 15 is 0 Å². The molecule has 1 saturated heterocycles. The summed E-state index contributed by atoms with van der Waals surface area (Å²) in [5.41, 5.74) is 4.94. The highest BCUT2D eigenvalue weighted by molar-refractivity contribution is 7.86. The van der Waals surface area contributed by atoms with Crippen molar-refractivity contribution in [2.24, 2.45) is 11.7 Å². The van der Waals surface area contributed by atoms with Crippen molar-refractivity contribution in [3.8, 4) is 0 Å². The Balaban J connectivity index is 2.06. The first-order chi connectivity index (χ1) is 9.75. The first kappa shape index (κ1) is 16.7. The van der Waals surface area contributed by atoms with E-state index in [4.69, 9.17) is 5.73 Å². The Morgan fingerprint density at radius 1 is 1.29 bits per heavy atom. The third kappa shape index (κ3) is 3.77. The minimum atomic E-state index is -4.37. The zero-order valence-corrected chi connectivity index (χ0v) is 12.5. The predicted octanol–water partition coefficient (Wildman–Crippen LogP) is 1.10. The highest BCUT2D eigenvalue weighted by Crippen LogP contribution is 2.31. The van der Waals surface area contributed by atoms with E-state index in [0.29, 0.717) is 19.6 Å². The largest absolute Gasteiger partial charge is 0.412 e. The van der Waals surface area contributed by atoms with Crippen LogP contribution in [0.2, 0.25) is 0 Å². The van der Waals surface area contributed by atoms with Gasteiger partial charge in [-0.15, -0.1) is 0 Å². The third-order valence-electron chi connectivity index (χ3n) is 4.00. The van der Waals surface area contributed by atoms with E-state index in [1.807, 2.05) is 0 Å². The molecular formula is C12H20F3N3O2S. The monoisotopic (exact) mass is 327 g/mol. The molecular weight excluding hydrogens is 307 g/mol. The third-order valence-corrected chi connectivity index (χ3v) is 5.97. The molecule has 2 N–H and O–H groups in total. The molecule has 21 heavy (non-hydrogen) atoms. The molecule has 0 aromatic rings. The standard InChI is InChI=1S/C12H20F3N3O2S/c13-12(14,15)11-3-6-17(7-4-11)21(19,20)18-5-1-2-10(8-16)9-18/h3,10H,1-2,4-9,16H2. The lowest BCUT2D eigenvalue weighted by atomic mass is 10.0. The normalized spacial score (nSPS) is 26.7. The zero-order valence-electron chi connectivity index (χ0n) is 11.6. The molecule has 0 aliphatic carbocycles. The van der Waals surface area contributed by atoms with Gasteiger partial charge in [0.1, 0.15) is 0 Å². The lowest BCUT2D eigenvalue weighted by Crippen LogP contribution is -2.50. The fraction of sp³-hybridized carbons (Fsp3) is 0.833. The minimum absolute atomic E-state index is 0.125. The molecule has 0 spiro atoms. The average molecular weight is 327 g/mol. The summed E-state index contributed by atoms with van der Waals surface area (Å²) in [6, 6.07) is 0. The van der Waals surface area contributed by atoms with Crippen LogP contribution in [0.15, 0.2) is 11.6 Å². The van der Waals surface area contributed by atoms with Gasteiger partial charge < -0.3 is 5.73 Å². The van der Waals surface area contributed by atoms with E-state index in [9.17, 15) is 21.6 Å². The Bertz CT molecular complexity index is 504. The Kier molecular flexibility index (Phi) is 4.96. The fourth-order valence-corrected chi connectivity index (χ4v) is 4.38. The molecule has 2 aliphatic heterocycles. The van der Waals surface area contributed by atoms with Crippen LogP contribution >= 0.6 is 0 Å². The quantitative estimate of drug-likeness (QED) is 0.789. The van der Waals surface area contributed by atoms with Crippen molar-refractivity contribution < 1.29 is 21.6 Å². The second-order valence-corrected chi connectivity index (χ2v) is 7.37. The Morgan fingerprint density at radius 3 is 2.52 bits per heavy atom. The minimum Gasteiger partial charge on any atom is -0.330 e. The molecule has 2 rings (SSSR count). The van der Waals surface area contributed by atoms with Gasteiger partial charge in [-0.25, -0.2) is 0 Å². The van der Waals surface area contributed by atoms with Gasteiger partial charge in [-0.05, 0) is 31.7 Å². The van der Waals surface area contributed by atoms with Crippen molar-refractivity contribution in [1.82, 2.24) is 8.61 Å². The van der Waals surface area contributed by atoms with Gasteiger partial charge in [-0.3, -0.25) is 0 Å². The van der Waals surface area contributed by atoms with Crippen LogP contribution in [-0.2, 0) is 10.2 Å². The van der Waals surface area contributed by atoms with Gasteiger partial charge in [0, 0.05) is 31.8 Å². The molecule has 0 bridgehead atoms. The summed E-state index contributed by atoms with van der Waals surface area (Å²) < 4.78 is 65.0. The summed E-state index contributed by atoms with van der Waals surface area (Å²) in [6.45, 7) is 0.832. The van der Waals surface area contributed by atoms with Crippen LogP contribution in [0.4, 0.5) is 13.2 Å². The molecule has 5 nitrogen and oxygen atoms in total. The maximum Gasteiger partial charge on any atom is 0.412 e. The Morgan fingerprint density at radius 2 is 2.00 bits per heavy atom. The molecule has 0 amide bonds. The molecule has 9 heteroatoms. The molecule has 1 unspecified atom stereocenters. The van der Waals surface area contributed by atoms with Gasteiger partial charge in [0.2, 0.25) is 0 Å². The number of nitrogens with zero attached hydrogens (tertiary/aromatic N) is 2. The smallest absolute Gasteiger partial charge is 0.330 e. The van der Waals surface area contributed by atoms with Crippen LogP contribution in [0.5, 0.6) is 0 Å². The van der Waals surface area contributed by atoms with Crippen molar-refractivity contribution in [3.63, 3.8) is 0 Å².